The predicted octanol–water partition coefficient (Wildman–Crippen LogP) is 3.12. The van der Waals surface area contributed by atoms with Crippen LogP contribution in [0, 0.1) is 5.41 Å². The number of carbonyl (C=O) groups is 1. The third-order valence-electron chi connectivity index (χ3n) is 5.79. The summed E-state index contributed by atoms with van der Waals surface area (Å²) in [6.45, 7) is 3.94. The summed E-state index contributed by atoms with van der Waals surface area (Å²) in [6, 6.07) is 9.42. The first-order valence-corrected chi connectivity index (χ1v) is 11.3. The fourth-order valence-electron chi connectivity index (χ4n) is 3.81. The molecule has 2 fully saturated rings. The number of anilines is 4. The lowest BCUT2D eigenvalue weighted by Crippen LogP contribution is -2.44. The SMILES string of the molecule is C[C@@H]1COCCN1c1nc(Nc2ccn[nH]2)c(C=N)c(-c2ccc(NC(=O)NC3CC3)cc2)n1. The number of carbonyl (C=O) groups excluding carboxylic acids is 1. The molecule has 34 heavy (non-hydrogen) atoms. The van der Waals surface area contributed by atoms with Crippen LogP contribution in [0.25, 0.3) is 11.3 Å². The van der Waals surface area contributed by atoms with Gasteiger partial charge in [0.2, 0.25) is 5.95 Å². The van der Waals surface area contributed by atoms with Gasteiger partial charge in [0.1, 0.15) is 11.6 Å². The predicted molar refractivity (Wildman–Crippen MR) is 130 cm³/mol. The molecule has 2 amide bonds. The highest BCUT2D eigenvalue weighted by molar-refractivity contribution is 5.95. The highest BCUT2D eigenvalue weighted by Gasteiger charge is 2.25. The molecule has 0 unspecified atom stereocenters. The van der Waals surface area contributed by atoms with E-state index in [-0.39, 0.29) is 18.1 Å². The monoisotopic (exact) mass is 461 g/mol. The van der Waals surface area contributed by atoms with E-state index in [2.05, 4.69) is 38.0 Å². The molecule has 5 N–H and O–H groups in total. The van der Waals surface area contributed by atoms with Gasteiger partial charge in [-0.15, -0.1) is 0 Å². The van der Waals surface area contributed by atoms with Crippen molar-refractivity contribution < 1.29 is 9.53 Å². The second-order valence-corrected chi connectivity index (χ2v) is 8.44. The molecule has 0 bridgehead atoms. The van der Waals surface area contributed by atoms with Crippen LogP contribution in [0.4, 0.5) is 28.1 Å². The first-order valence-electron chi connectivity index (χ1n) is 11.3. The van der Waals surface area contributed by atoms with E-state index in [1.165, 1.54) is 6.21 Å². The molecule has 3 heterocycles. The molecule has 0 spiro atoms. The Balaban J connectivity index is 1.49. The van der Waals surface area contributed by atoms with Gasteiger partial charge in [-0.25, -0.2) is 9.78 Å². The van der Waals surface area contributed by atoms with Crippen molar-refractivity contribution in [3.63, 3.8) is 0 Å². The molecule has 1 saturated carbocycles. The lowest BCUT2D eigenvalue weighted by atomic mass is 10.1. The number of ether oxygens (including phenoxy) is 1. The zero-order valence-electron chi connectivity index (χ0n) is 18.8. The van der Waals surface area contributed by atoms with Crippen LogP contribution in [0.2, 0.25) is 0 Å². The molecule has 1 aromatic carbocycles. The largest absolute Gasteiger partial charge is 0.377 e. The molecule has 5 rings (SSSR count). The summed E-state index contributed by atoms with van der Waals surface area (Å²) in [7, 11) is 0. The first-order chi connectivity index (χ1) is 16.6. The summed E-state index contributed by atoms with van der Waals surface area (Å²) in [5.41, 5.74) is 2.66. The lowest BCUT2D eigenvalue weighted by Gasteiger charge is -2.33. The molecule has 1 aliphatic heterocycles. The Morgan fingerprint density at radius 2 is 2.06 bits per heavy atom. The second kappa shape index (κ2) is 9.48. The Labute approximate surface area is 196 Å². The fourth-order valence-corrected chi connectivity index (χ4v) is 3.81. The highest BCUT2D eigenvalue weighted by Crippen LogP contribution is 2.31. The number of amides is 2. The fraction of sp³-hybridized carbons (Fsp3) is 0.348. The standard InChI is InChI=1S/C23H27N9O2/c1-14-13-34-11-10-32(14)22-29-20(18(12-24)21(30-22)28-19-8-9-25-31-19)15-2-4-16(5-3-15)26-23(33)27-17-6-7-17/h2-5,8-9,12,14,17,24H,6-7,10-11,13H2,1H3,(H2,26,27,33)(H2,25,28,29,30,31)/t14-/m1/s1. The molecule has 2 aromatic heterocycles. The maximum atomic E-state index is 12.1. The van der Waals surface area contributed by atoms with Gasteiger partial charge in [0, 0.05) is 36.1 Å². The number of H-pyrrole nitrogens is 1. The molecule has 176 valence electrons. The van der Waals surface area contributed by atoms with Crippen molar-refractivity contribution in [3.8, 4) is 11.3 Å². The molecular weight excluding hydrogens is 434 g/mol. The Kier molecular flexibility index (Phi) is 6.09. The third kappa shape index (κ3) is 4.84. The van der Waals surface area contributed by atoms with Crippen molar-refractivity contribution in [3.05, 3.63) is 42.1 Å². The van der Waals surface area contributed by atoms with Gasteiger partial charge < -0.3 is 31.0 Å². The van der Waals surface area contributed by atoms with Gasteiger partial charge in [-0.3, -0.25) is 5.10 Å². The quantitative estimate of drug-likeness (QED) is 0.340. The van der Waals surface area contributed by atoms with Crippen LogP contribution in [0.5, 0.6) is 0 Å². The maximum absolute atomic E-state index is 12.1. The highest BCUT2D eigenvalue weighted by atomic mass is 16.5. The molecule has 1 atom stereocenters. The number of hydrogen-bond donors (Lipinski definition) is 5. The van der Waals surface area contributed by atoms with Gasteiger partial charge in [0.15, 0.2) is 0 Å². The van der Waals surface area contributed by atoms with Crippen molar-refractivity contribution in [2.45, 2.75) is 31.8 Å². The third-order valence-corrected chi connectivity index (χ3v) is 5.79. The number of aromatic amines is 1. The van der Waals surface area contributed by atoms with Crippen molar-refractivity contribution >= 4 is 35.5 Å². The lowest BCUT2D eigenvalue weighted by molar-refractivity contribution is 0.0981. The minimum Gasteiger partial charge on any atom is -0.377 e. The smallest absolute Gasteiger partial charge is 0.319 e. The molecule has 1 aliphatic carbocycles. The van der Waals surface area contributed by atoms with E-state index in [1.807, 2.05) is 24.3 Å². The summed E-state index contributed by atoms with van der Waals surface area (Å²) in [5.74, 6) is 1.73. The first kappa shape index (κ1) is 21.8. The van der Waals surface area contributed by atoms with Crippen molar-refractivity contribution in [2.75, 3.05) is 35.3 Å². The number of nitrogens with one attached hydrogen (secondary N) is 5. The maximum Gasteiger partial charge on any atom is 0.319 e. The van der Waals surface area contributed by atoms with Crippen molar-refractivity contribution in [1.29, 1.82) is 5.41 Å². The summed E-state index contributed by atoms with van der Waals surface area (Å²) in [6.07, 6.45) is 4.96. The van der Waals surface area contributed by atoms with E-state index in [9.17, 15) is 4.79 Å². The van der Waals surface area contributed by atoms with Crippen LogP contribution in [-0.4, -0.2) is 64.3 Å². The summed E-state index contributed by atoms with van der Waals surface area (Å²) < 4.78 is 5.58. The normalized spacial score (nSPS) is 17.8. The average Bonchev–Trinajstić information content (AvgIpc) is 3.50. The van der Waals surface area contributed by atoms with E-state index in [0.29, 0.717) is 54.3 Å². The van der Waals surface area contributed by atoms with Crippen LogP contribution < -0.4 is 20.9 Å². The van der Waals surface area contributed by atoms with Gasteiger partial charge >= 0.3 is 6.03 Å². The molecular formula is C23H27N9O2. The summed E-state index contributed by atoms with van der Waals surface area (Å²) in [4.78, 5) is 23.8. The molecule has 0 radical (unpaired) electrons. The Morgan fingerprint density at radius 3 is 2.74 bits per heavy atom. The zero-order chi connectivity index (χ0) is 23.5. The number of urea groups is 1. The number of rotatable bonds is 7. The van der Waals surface area contributed by atoms with Gasteiger partial charge in [0.05, 0.1) is 36.7 Å². The van der Waals surface area contributed by atoms with Gasteiger partial charge in [-0.2, -0.15) is 10.1 Å². The molecule has 11 heteroatoms. The van der Waals surface area contributed by atoms with E-state index in [1.54, 1.807) is 12.3 Å². The molecule has 1 saturated heterocycles. The number of benzene rings is 1. The van der Waals surface area contributed by atoms with Crippen LogP contribution >= 0.6 is 0 Å². The van der Waals surface area contributed by atoms with Crippen LogP contribution in [-0.2, 0) is 4.74 Å². The van der Waals surface area contributed by atoms with Crippen molar-refractivity contribution in [2.24, 2.45) is 0 Å². The second-order valence-electron chi connectivity index (χ2n) is 8.44. The van der Waals surface area contributed by atoms with Crippen LogP contribution in [0.3, 0.4) is 0 Å². The summed E-state index contributed by atoms with van der Waals surface area (Å²) in [5, 5.41) is 23.9. The number of nitrogens with zero attached hydrogens (tertiary/aromatic N) is 4. The minimum absolute atomic E-state index is 0.115. The van der Waals surface area contributed by atoms with Gasteiger partial charge in [0.25, 0.3) is 0 Å². The number of hydrogen-bond acceptors (Lipinski definition) is 8. The molecule has 3 aromatic rings. The van der Waals surface area contributed by atoms with Gasteiger partial charge in [-0.1, -0.05) is 12.1 Å². The topological polar surface area (TPSA) is 144 Å². The van der Waals surface area contributed by atoms with E-state index in [4.69, 9.17) is 20.1 Å². The molecule has 11 nitrogen and oxygen atoms in total. The Hall–Kier alpha value is -3.99. The summed E-state index contributed by atoms with van der Waals surface area (Å²) >= 11 is 0. The molecule has 2 aliphatic rings. The Morgan fingerprint density at radius 1 is 1.24 bits per heavy atom. The van der Waals surface area contributed by atoms with E-state index in [0.717, 1.165) is 18.4 Å². The average molecular weight is 462 g/mol. The van der Waals surface area contributed by atoms with E-state index < -0.39 is 0 Å². The Bertz CT molecular complexity index is 1160. The van der Waals surface area contributed by atoms with Crippen LogP contribution in [0.15, 0.2) is 36.5 Å². The van der Waals surface area contributed by atoms with Crippen LogP contribution in [0.1, 0.15) is 25.3 Å². The number of aromatic nitrogens is 4. The number of morpholine rings is 1. The van der Waals surface area contributed by atoms with Gasteiger partial charge in [-0.05, 0) is 31.9 Å². The minimum atomic E-state index is -0.202. The van der Waals surface area contributed by atoms with Crippen molar-refractivity contribution in [1.82, 2.24) is 25.5 Å². The van der Waals surface area contributed by atoms with E-state index >= 15 is 0 Å². The zero-order valence-corrected chi connectivity index (χ0v) is 18.8.